The number of halogens is 3. The molecule has 0 aromatic heterocycles. The van der Waals surface area contributed by atoms with Crippen LogP contribution in [0.15, 0.2) is 18.2 Å². The zero-order chi connectivity index (χ0) is 24.7. The van der Waals surface area contributed by atoms with Crippen LogP contribution in [0.4, 0.5) is 0 Å². The molecular weight excluding hydrogens is 531 g/mol. The molecule has 0 bridgehead atoms. The van der Waals surface area contributed by atoms with E-state index >= 15 is 0 Å². The Bertz CT molecular complexity index is 826. The van der Waals surface area contributed by atoms with Crippen molar-refractivity contribution in [2.45, 2.75) is 64.9 Å². The Morgan fingerprint density at radius 1 is 0.906 bits per heavy atom. The lowest BCUT2D eigenvalue weighted by Crippen LogP contribution is -2.60. The van der Waals surface area contributed by atoms with E-state index in [1.807, 2.05) is 0 Å². The topological polar surface area (TPSA) is 105 Å². The Morgan fingerprint density at radius 3 is 1.72 bits per heavy atom. The molecule has 1 unspecified atom stereocenters. The van der Waals surface area contributed by atoms with Crippen LogP contribution in [0.2, 0.25) is 10.0 Å². The number of hydrogen-bond acceptors (Lipinski definition) is 8. The summed E-state index contributed by atoms with van der Waals surface area (Å²) in [6.07, 6.45) is -0.393. The van der Waals surface area contributed by atoms with Gasteiger partial charge >= 0.3 is 23.9 Å². The fraction of sp³-hybridized carbons (Fsp3) is 0.524. The van der Waals surface area contributed by atoms with Crippen LogP contribution in [-0.4, -0.2) is 34.7 Å². The van der Waals surface area contributed by atoms with Crippen LogP contribution in [0.25, 0.3) is 0 Å². The number of hydrogen-bond donors (Lipinski definition) is 0. The van der Waals surface area contributed by atoms with Crippen molar-refractivity contribution in [3.63, 3.8) is 0 Å². The highest BCUT2D eigenvalue weighted by Gasteiger charge is 2.62. The molecule has 1 rings (SSSR count). The van der Waals surface area contributed by atoms with Gasteiger partial charge in [0, 0.05) is 24.3 Å². The molecule has 178 valence electrons. The molecule has 1 atom stereocenters. The summed E-state index contributed by atoms with van der Waals surface area (Å²) in [5.41, 5.74) is -1.90. The van der Waals surface area contributed by atoms with E-state index < -0.39 is 40.1 Å². The van der Waals surface area contributed by atoms with Gasteiger partial charge in [0.05, 0.1) is 5.02 Å². The molecule has 0 heterocycles. The average Bonchev–Trinajstić information content (AvgIpc) is 2.74. The highest BCUT2D eigenvalue weighted by atomic mass is 79.9. The zero-order valence-electron chi connectivity index (χ0n) is 18.3. The van der Waals surface area contributed by atoms with Crippen molar-refractivity contribution in [3.05, 3.63) is 28.2 Å². The summed E-state index contributed by atoms with van der Waals surface area (Å²) in [5.74, 6) is -5.85. The highest BCUT2D eigenvalue weighted by Crippen LogP contribution is 2.41. The molecule has 0 amide bonds. The smallest absolute Gasteiger partial charge is 0.436 e. The number of Topliss-reactive ketones (excluding diaryl/α,β-unsaturated/α-hetero) is 1. The van der Waals surface area contributed by atoms with Gasteiger partial charge in [0.25, 0.3) is 0 Å². The third-order valence-electron chi connectivity index (χ3n) is 4.32. The fourth-order valence-corrected chi connectivity index (χ4v) is 3.51. The van der Waals surface area contributed by atoms with Gasteiger partial charge in [-0.2, -0.15) is 0 Å². The minimum Gasteiger partial charge on any atom is -0.470 e. The molecule has 0 spiro atoms. The van der Waals surface area contributed by atoms with E-state index in [1.54, 1.807) is 0 Å². The number of carbonyl (C=O) groups excluding carboxylic acids is 4. The van der Waals surface area contributed by atoms with Gasteiger partial charge in [-0.15, -0.1) is 0 Å². The van der Waals surface area contributed by atoms with E-state index in [4.69, 9.17) is 42.1 Å². The second-order valence-corrected chi connectivity index (χ2v) is 8.71. The minimum atomic E-state index is -2.66. The number of alkyl halides is 1. The molecule has 32 heavy (non-hydrogen) atoms. The fourth-order valence-electron chi connectivity index (χ4n) is 2.28. The Morgan fingerprint density at radius 2 is 1.34 bits per heavy atom. The van der Waals surface area contributed by atoms with Crippen LogP contribution in [0, 0.1) is 5.41 Å². The van der Waals surface area contributed by atoms with Gasteiger partial charge in [-0.1, -0.05) is 44.0 Å². The predicted molar refractivity (Wildman–Crippen MR) is 120 cm³/mol. The van der Waals surface area contributed by atoms with Crippen molar-refractivity contribution < 1.29 is 38.1 Å². The van der Waals surface area contributed by atoms with E-state index in [2.05, 4.69) is 15.9 Å². The Kier molecular flexibility index (Phi) is 10.4. The third kappa shape index (κ3) is 6.83. The maximum absolute atomic E-state index is 13.4. The summed E-state index contributed by atoms with van der Waals surface area (Å²) < 4.78 is 21.5. The summed E-state index contributed by atoms with van der Waals surface area (Å²) in [4.78, 5) is 49.9. The lowest BCUT2D eigenvalue weighted by atomic mass is 9.84. The molecular formula is C21H25BrCl2O8. The van der Waals surface area contributed by atoms with Gasteiger partial charge in [0.2, 0.25) is 10.8 Å². The molecule has 0 radical (unpaired) electrons. The molecule has 0 saturated carbocycles. The number of rotatable bonds is 11. The molecule has 0 aliphatic carbocycles. The van der Waals surface area contributed by atoms with Crippen molar-refractivity contribution in [1.29, 1.82) is 0 Å². The first-order valence-electron chi connectivity index (χ1n) is 9.79. The van der Waals surface area contributed by atoms with Crippen molar-refractivity contribution in [2.75, 3.05) is 0 Å². The number of ketones is 1. The second-order valence-electron chi connectivity index (χ2n) is 7.04. The highest BCUT2D eigenvalue weighted by molar-refractivity contribution is 9.09. The SMILES string of the molecule is CCC(=O)OC(OC(=O)CC)(OC(=O)CC)C(C)(C)C(=O)C(Br)Oc1ccc(Cl)cc1Cl. The molecule has 0 N–H and O–H groups in total. The summed E-state index contributed by atoms with van der Waals surface area (Å²) in [6, 6.07) is 4.39. The Labute approximate surface area is 204 Å². The first-order valence-corrected chi connectivity index (χ1v) is 11.5. The van der Waals surface area contributed by atoms with Crippen LogP contribution in [0.5, 0.6) is 5.75 Å². The van der Waals surface area contributed by atoms with E-state index in [0.29, 0.717) is 5.02 Å². The minimum absolute atomic E-state index is 0.131. The molecule has 8 nitrogen and oxygen atoms in total. The molecule has 0 saturated heterocycles. The third-order valence-corrected chi connectivity index (χ3v) is 5.46. The monoisotopic (exact) mass is 554 g/mol. The first kappa shape index (κ1) is 28.2. The van der Waals surface area contributed by atoms with Gasteiger partial charge < -0.3 is 18.9 Å². The summed E-state index contributed by atoms with van der Waals surface area (Å²) in [6.45, 7) is 7.06. The molecule has 11 heteroatoms. The maximum atomic E-state index is 13.4. The number of carbonyl (C=O) groups is 4. The zero-order valence-corrected chi connectivity index (χ0v) is 21.4. The van der Waals surface area contributed by atoms with Crippen LogP contribution in [-0.2, 0) is 33.4 Å². The molecule has 1 aromatic carbocycles. The van der Waals surface area contributed by atoms with Crippen molar-refractivity contribution >= 4 is 62.8 Å². The Balaban J connectivity index is 3.43. The standard InChI is InChI=1S/C21H25BrCl2O8/c1-6-15(25)30-21(31-16(26)7-2,32-17(27)8-3)20(4,5)18(28)19(22)29-14-10-9-12(23)11-13(14)24/h9-11,19H,6-8H2,1-5H3. The van der Waals surface area contributed by atoms with Gasteiger partial charge in [-0.05, 0) is 48.0 Å². The van der Waals surface area contributed by atoms with Gasteiger partial charge in [-0.25, -0.2) is 0 Å². The largest absolute Gasteiger partial charge is 0.470 e. The molecule has 0 aliphatic rings. The predicted octanol–water partition coefficient (Wildman–Crippen LogP) is 5.20. The second kappa shape index (κ2) is 11.9. The first-order chi connectivity index (χ1) is 14.8. The van der Waals surface area contributed by atoms with Gasteiger partial charge in [0.15, 0.2) is 0 Å². The van der Waals surface area contributed by atoms with Crippen LogP contribution in [0.3, 0.4) is 0 Å². The van der Waals surface area contributed by atoms with E-state index in [0.717, 1.165) is 0 Å². The van der Waals surface area contributed by atoms with E-state index in [1.165, 1.54) is 52.8 Å². The lowest BCUT2D eigenvalue weighted by Gasteiger charge is -2.41. The summed E-state index contributed by atoms with van der Waals surface area (Å²) in [5, 5.41) is -0.842. The summed E-state index contributed by atoms with van der Waals surface area (Å²) >= 11 is 15.1. The van der Waals surface area contributed by atoms with Crippen LogP contribution < -0.4 is 4.74 Å². The lowest BCUT2D eigenvalue weighted by molar-refractivity contribution is -0.365. The van der Waals surface area contributed by atoms with Crippen molar-refractivity contribution in [2.24, 2.45) is 5.41 Å². The van der Waals surface area contributed by atoms with Crippen LogP contribution in [0.1, 0.15) is 53.9 Å². The van der Waals surface area contributed by atoms with E-state index in [9.17, 15) is 19.2 Å². The van der Waals surface area contributed by atoms with Crippen molar-refractivity contribution in [1.82, 2.24) is 0 Å². The van der Waals surface area contributed by atoms with E-state index in [-0.39, 0.29) is 30.0 Å². The van der Waals surface area contributed by atoms with Crippen LogP contribution >= 0.6 is 39.1 Å². The molecule has 0 aliphatic heterocycles. The Hall–Kier alpha value is -1.84. The number of esters is 3. The average molecular weight is 556 g/mol. The number of benzene rings is 1. The normalized spacial score (nSPS) is 12.5. The molecule has 0 fully saturated rings. The van der Waals surface area contributed by atoms with Gasteiger partial charge in [0.1, 0.15) is 11.2 Å². The van der Waals surface area contributed by atoms with Gasteiger partial charge in [-0.3, -0.25) is 19.2 Å². The quantitative estimate of drug-likeness (QED) is 0.208. The number of ether oxygens (including phenoxy) is 4. The summed E-state index contributed by atoms with van der Waals surface area (Å²) in [7, 11) is 0. The molecule has 1 aromatic rings. The maximum Gasteiger partial charge on any atom is 0.436 e. The van der Waals surface area contributed by atoms with Crippen molar-refractivity contribution in [3.8, 4) is 5.75 Å².